The van der Waals surface area contributed by atoms with Crippen LogP contribution in [0, 0.1) is 13.8 Å². The SMILES string of the molecule is CCCCN1CCN(c2cc(Cc3ncc(C(=O)Nc4c(C)cccc4Cl)s3)nc(C)n2)CC1. The van der Waals surface area contributed by atoms with E-state index >= 15 is 0 Å². The van der Waals surface area contributed by atoms with Crippen LogP contribution < -0.4 is 10.2 Å². The van der Waals surface area contributed by atoms with Gasteiger partial charge in [0.05, 0.1) is 27.6 Å². The number of amides is 1. The summed E-state index contributed by atoms with van der Waals surface area (Å²) >= 11 is 7.62. The Kier molecular flexibility index (Phi) is 8.13. The smallest absolute Gasteiger partial charge is 0.267 e. The van der Waals surface area contributed by atoms with Crippen LogP contribution in [0.25, 0.3) is 0 Å². The molecule has 0 bridgehead atoms. The summed E-state index contributed by atoms with van der Waals surface area (Å²) in [6.07, 6.45) is 4.67. The van der Waals surface area contributed by atoms with Gasteiger partial charge in [-0.3, -0.25) is 9.69 Å². The zero-order valence-corrected chi connectivity index (χ0v) is 21.5. The number of thiazole rings is 1. The average molecular weight is 499 g/mol. The number of nitrogens with one attached hydrogen (secondary N) is 1. The van der Waals surface area contributed by atoms with Crippen molar-refractivity contribution in [2.75, 3.05) is 42.9 Å². The molecule has 3 heterocycles. The van der Waals surface area contributed by atoms with Gasteiger partial charge in [0.15, 0.2) is 0 Å². The molecule has 0 saturated carbocycles. The summed E-state index contributed by atoms with van der Waals surface area (Å²) in [6, 6.07) is 7.60. The number of carbonyl (C=O) groups excluding carboxylic acids is 1. The Morgan fingerprint density at radius 3 is 2.71 bits per heavy atom. The molecule has 7 nitrogen and oxygen atoms in total. The summed E-state index contributed by atoms with van der Waals surface area (Å²) in [7, 11) is 0. The third kappa shape index (κ3) is 6.11. The predicted molar refractivity (Wildman–Crippen MR) is 139 cm³/mol. The largest absolute Gasteiger partial charge is 0.354 e. The molecule has 0 aliphatic carbocycles. The molecule has 0 unspecified atom stereocenters. The van der Waals surface area contributed by atoms with Crippen molar-refractivity contribution in [3.8, 4) is 0 Å². The lowest BCUT2D eigenvalue weighted by molar-refractivity contribution is 0.103. The Bertz CT molecular complexity index is 1120. The summed E-state index contributed by atoms with van der Waals surface area (Å²) in [6.45, 7) is 11.3. The van der Waals surface area contributed by atoms with Gasteiger partial charge in [0.1, 0.15) is 16.5 Å². The Labute approximate surface area is 210 Å². The summed E-state index contributed by atoms with van der Waals surface area (Å²) in [5.74, 6) is 1.52. The molecule has 1 aliphatic rings. The van der Waals surface area contributed by atoms with E-state index in [4.69, 9.17) is 11.6 Å². The molecule has 1 amide bonds. The number of rotatable bonds is 8. The van der Waals surface area contributed by atoms with E-state index in [0.29, 0.717) is 22.0 Å². The van der Waals surface area contributed by atoms with Crippen molar-refractivity contribution in [3.63, 3.8) is 0 Å². The number of hydrogen-bond donors (Lipinski definition) is 1. The standard InChI is InChI=1S/C25H31ClN6OS/c1-4-5-9-31-10-12-32(13-11-31)22-14-19(28-18(3)29-22)15-23-27-16-21(34-23)25(33)30-24-17(2)7-6-8-20(24)26/h6-8,14,16H,4-5,9-13,15H2,1-3H3,(H,30,33). The Hall–Kier alpha value is -2.55. The average Bonchev–Trinajstić information content (AvgIpc) is 3.28. The van der Waals surface area contributed by atoms with Gasteiger partial charge in [-0.05, 0) is 38.4 Å². The van der Waals surface area contributed by atoms with Crippen LogP contribution in [0.15, 0.2) is 30.5 Å². The molecule has 9 heteroatoms. The van der Waals surface area contributed by atoms with Crippen molar-refractivity contribution >= 4 is 40.4 Å². The predicted octanol–water partition coefficient (Wildman–Crippen LogP) is 4.97. The summed E-state index contributed by atoms with van der Waals surface area (Å²) < 4.78 is 0. The highest BCUT2D eigenvalue weighted by Gasteiger charge is 2.19. The van der Waals surface area contributed by atoms with E-state index < -0.39 is 0 Å². The normalized spacial score (nSPS) is 14.4. The lowest BCUT2D eigenvalue weighted by atomic mass is 10.2. The van der Waals surface area contributed by atoms with E-state index in [0.717, 1.165) is 54.1 Å². The molecule has 1 N–H and O–H groups in total. The van der Waals surface area contributed by atoms with Gasteiger partial charge < -0.3 is 10.2 Å². The van der Waals surface area contributed by atoms with Gasteiger partial charge in [-0.1, -0.05) is 37.1 Å². The second-order valence-electron chi connectivity index (χ2n) is 8.63. The van der Waals surface area contributed by atoms with Crippen molar-refractivity contribution < 1.29 is 4.79 Å². The Morgan fingerprint density at radius 2 is 1.97 bits per heavy atom. The van der Waals surface area contributed by atoms with Crippen LogP contribution >= 0.6 is 22.9 Å². The molecule has 2 aromatic heterocycles. The van der Waals surface area contributed by atoms with E-state index in [1.807, 2.05) is 26.0 Å². The fourth-order valence-corrected chi connectivity index (χ4v) is 5.16. The van der Waals surface area contributed by atoms with Gasteiger partial charge in [0, 0.05) is 38.7 Å². The minimum atomic E-state index is -0.208. The number of aromatic nitrogens is 3. The molecule has 0 spiro atoms. The van der Waals surface area contributed by atoms with Crippen LogP contribution in [0.4, 0.5) is 11.5 Å². The van der Waals surface area contributed by atoms with Gasteiger partial charge in [-0.15, -0.1) is 11.3 Å². The molecule has 1 fully saturated rings. The maximum atomic E-state index is 12.8. The van der Waals surface area contributed by atoms with Gasteiger partial charge in [0.25, 0.3) is 5.91 Å². The summed E-state index contributed by atoms with van der Waals surface area (Å²) in [4.78, 5) is 32.0. The van der Waals surface area contributed by atoms with Gasteiger partial charge in [-0.25, -0.2) is 15.0 Å². The number of aryl methyl sites for hydroxylation is 2. The van der Waals surface area contributed by atoms with E-state index in [-0.39, 0.29) is 5.91 Å². The monoisotopic (exact) mass is 498 g/mol. The second kappa shape index (κ2) is 11.3. The molecule has 1 aliphatic heterocycles. The number of carbonyl (C=O) groups is 1. The van der Waals surface area contributed by atoms with E-state index in [1.165, 1.54) is 30.7 Å². The number of para-hydroxylation sites is 1. The maximum absolute atomic E-state index is 12.8. The molecule has 1 aromatic carbocycles. The number of unbranched alkanes of at least 4 members (excludes halogenated alkanes) is 1. The lowest BCUT2D eigenvalue weighted by Gasteiger charge is -2.35. The number of nitrogens with zero attached hydrogens (tertiary/aromatic N) is 5. The molecule has 1 saturated heterocycles. The van der Waals surface area contributed by atoms with Crippen molar-refractivity contribution in [2.45, 2.75) is 40.0 Å². The Balaban J connectivity index is 1.41. The summed E-state index contributed by atoms with van der Waals surface area (Å²) in [5, 5.41) is 4.28. The molecule has 0 radical (unpaired) electrons. The van der Waals surface area contributed by atoms with Crippen LogP contribution in [0.3, 0.4) is 0 Å². The fraction of sp³-hybridized carbons (Fsp3) is 0.440. The molecular weight excluding hydrogens is 468 g/mol. The zero-order chi connectivity index (χ0) is 24.1. The first-order chi connectivity index (χ1) is 16.4. The van der Waals surface area contributed by atoms with Gasteiger partial charge in [-0.2, -0.15) is 0 Å². The van der Waals surface area contributed by atoms with E-state index in [2.05, 4.69) is 43.1 Å². The van der Waals surface area contributed by atoms with Crippen molar-refractivity contribution in [3.05, 3.63) is 62.5 Å². The molecule has 3 aromatic rings. The zero-order valence-electron chi connectivity index (χ0n) is 20.0. The van der Waals surface area contributed by atoms with Gasteiger partial charge >= 0.3 is 0 Å². The fourth-order valence-electron chi connectivity index (χ4n) is 4.06. The van der Waals surface area contributed by atoms with Crippen LogP contribution in [-0.2, 0) is 6.42 Å². The minimum Gasteiger partial charge on any atom is -0.354 e. The summed E-state index contributed by atoms with van der Waals surface area (Å²) in [5.41, 5.74) is 2.47. The van der Waals surface area contributed by atoms with Crippen LogP contribution in [0.2, 0.25) is 5.02 Å². The second-order valence-corrected chi connectivity index (χ2v) is 10.2. The molecular formula is C25H31ClN6OS. The number of halogens is 1. The third-order valence-corrected chi connectivity index (χ3v) is 7.28. The maximum Gasteiger partial charge on any atom is 0.267 e. The highest BCUT2D eigenvalue weighted by Crippen LogP contribution is 2.27. The highest BCUT2D eigenvalue weighted by atomic mass is 35.5. The van der Waals surface area contributed by atoms with Crippen molar-refractivity contribution in [1.29, 1.82) is 0 Å². The quantitative estimate of drug-likeness (QED) is 0.472. The van der Waals surface area contributed by atoms with Crippen LogP contribution in [-0.4, -0.2) is 58.5 Å². The van der Waals surface area contributed by atoms with Crippen LogP contribution in [0.5, 0.6) is 0 Å². The number of piperazine rings is 1. The first-order valence-corrected chi connectivity index (χ1v) is 13.0. The number of anilines is 2. The highest BCUT2D eigenvalue weighted by molar-refractivity contribution is 7.13. The van der Waals surface area contributed by atoms with Crippen molar-refractivity contribution in [1.82, 2.24) is 19.9 Å². The Morgan fingerprint density at radius 1 is 1.18 bits per heavy atom. The van der Waals surface area contributed by atoms with Gasteiger partial charge in [0.2, 0.25) is 0 Å². The first kappa shape index (κ1) is 24.6. The van der Waals surface area contributed by atoms with Crippen LogP contribution in [0.1, 0.15) is 51.5 Å². The number of benzene rings is 1. The topological polar surface area (TPSA) is 74.2 Å². The third-order valence-electron chi connectivity index (χ3n) is 5.97. The van der Waals surface area contributed by atoms with E-state index in [1.54, 1.807) is 12.3 Å². The first-order valence-electron chi connectivity index (χ1n) is 11.8. The van der Waals surface area contributed by atoms with Crippen molar-refractivity contribution in [2.24, 2.45) is 0 Å². The number of hydrogen-bond acceptors (Lipinski definition) is 7. The molecule has 180 valence electrons. The molecule has 4 rings (SSSR count). The minimum absolute atomic E-state index is 0.208. The van der Waals surface area contributed by atoms with E-state index in [9.17, 15) is 4.79 Å². The lowest BCUT2D eigenvalue weighted by Crippen LogP contribution is -2.47. The molecule has 34 heavy (non-hydrogen) atoms. The molecule has 0 atom stereocenters.